The average Bonchev–Trinajstić information content (AvgIpc) is 3.25. The van der Waals surface area contributed by atoms with Gasteiger partial charge in [-0.15, -0.1) is 0 Å². The van der Waals surface area contributed by atoms with Crippen LogP contribution in [0.1, 0.15) is 41.8 Å². The molecule has 142 valence electrons. The van der Waals surface area contributed by atoms with Crippen LogP contribution in [0.25, 0.3) is 5.76 Å². The second-order valence-electron chi connectivity index (χ2n) is 6.64. The molecule has 0 bridgehead atoms. The molecule has 0 aliphatic carbocycles. The molecule has 1 aromatic heterocycles. The molecule has 0 radical (unpaired) electrons. The van der Waals surface area contributed by atoms with Crippen molar-refractivity contribution in [1.82, 2.24) is 4.90 Å². The summed E-state index contributed by atoms with van der Waals surface area (Å²) < 4.78 is 10.8. The number of ketones is 1. The lowest BCUT2D eigenvalue weighted by molar-refractivity contribution is -0.140. The first kappa shape index (κ1) is 18.8. The Morgan fingerprint density at radius 3 is 2.59 bits per heavy atom. The van der Waals surface area contributed by atoms with E-state index in [0.717, 1.165) is 11.1 Å². The molecule has 1 saturated heterocycles. The van der Waals surface area contributed by atoms with Gasteiger partial charge in [0.25, 0.3) is 11.7 Å². The topological polar surface area (TPSA) is 80.0 Å². The van der Waals surface area contributed by atoms with Crippen LogP contribution in [0.5, 0.6) is 5.75 Å². The van der Waals surface area contributed by atoms with Crippen molar-refractivity contribution in [2.24, 2.45) is 0 Å². The molecule has 0 saturated carbocycles. The summed E-state index contributed by atoms with van der Waals surface area (Å²) in [5, 5.41) is 11.0. The highest BCUT2D eigenvalue weighted by atomic mass is 16.5. The van der Waals surface area contributed by atoms with E-state index in [9.17, 15) is 14.7 Å². The number of benzene rings is 1. The van der Waals surface area contributed by atoms with Crippen molar-refractivity contribution < 1.29 is 23.8 Å². The normalized spacial score (nSPS) is 19.0. The van der Waals surface area contributed by atoms with E-state index in [4.69, 9.17) is 9.15 Å². The number of aliphatic hydroxyl groups is 1. The predicted octanol–water partition coefficient (Wildman–Crippen LogP) is 3.74. The minimum absolute atomic E-state index is 0.0519. The first-order chi connectivity index (χ1) is 12.9. The summed E-state index contributed by atoms with van der Waals surface area (Å²) in [6.07, 6.45) is 2.18. The fraction of sp³-hybridized carbons (Fsp3) is 0.333. The Labute approximate surface area is 158 Å². The predicted molar refractivity (Wildman–Crippen MR) is 100 cm³/mol. The van der Waals surface area contributed by atoms with Gasteiger partial charge in [-0.2, -0.15) is 0 Å². The lowest BCUT2D eigenvalue weighted by atomic mass is 9.95. The minimum Gasteiger partial charge on any atom is -0.507 e. The van der Waals surface area contributed by atoms with Crippen molar-refractivity contribution in [3.8, 4) is 5.75 Å². The van der Waals surface area contributed by atoms with Crippen molar-refractivity contribution in [2.45, 2.75) is 33.2 Å². The number of carbonyl (C=O) groups is 2. The van der Waals surface area contributed by atoms with Crippen LogP contribution in [0.4, 0.5) is 0 Å². The number of nitrogens with zero attached hydrogens (tertiary/aromatic N) is 1. The molecule has 1 aliphatic rings. The molecule has 1 N–H and O–H groups in total. The van der Waals surface area contributed by atoms with Gasteiger partial charge in [0.05, 0.1) is 18.9 Å². The maximum Gasteiger partial charge on any atom is 0.295 e. The monoisotopic (exact) mass is 369 g/mol. The standard InChI is InChI=1S/C21H23NO5/c1-5-8-22-18(15-7-6-9-27-15)17(20(24)21(22)25)19(23)14-10-13(3)16(26-4)11-12(14)2/h6-7,9-11,18,23H,5,8H2,1-4H3/b19-17-. The number of Topliss-reactive ketones (excluding diaryl/α,β-unsaturated/α-hetero) is 1. The molecule has 1 atom stereocenters. The molecule has 1 fully saturated rings. The summed E-state index contributed by atoms with van der Waals surface area (Å²) in [4.78, 5) is 26.8. The van der Waals surface area contributed by atoms with Gasteiger partial charge in [-0.05, 0) is 55.7 Å². The summed E-state index contributed by atoms with van der Waals surface area (Å²) >= 11 is 0. The van der Waals surface area contributed by atoms with E-state index < -0.39 is 17.7 Å². The van der Waals surface area contributed by atoms with Gasteiger partial charge < -0.3 is 19.2 Å². The van der Waals surface area contributed by atoms with Crippen LogP contribution < -0.4 is 4.74 Å². The first-order valence-corrected chi connectivity index (χ1v) is 8.88. The van der Waals surface area contributed by atoms with Crippen LogP contribution in [0.3, 0.4) is 0 Å². The zero-order valence-corrected chi connectivity index (χ0v) is 15.9. The van der Waals surface area contributed by atoms with Gasteiger partial charge in [-0.3, -0.25) is 9.59 Å². The van der Waals surface area contributed by atoms with Crippen molar-refractivity contribution >= 4 is 17.4 Å². The van der Waals surface area contributed by atoms with Crippen molar-refractivity contribution in [2.75, 3.05) is 13.7 Å². The Balaban J connectivity index is 2.21. The molecule has 6 heteroatoms. The van der Waals surface area contributed by atoms with E-state index in [0.29, 0.717) is 30.0 Å². The second-order valence-corrected chi connectivity index (χ2v) is 6.64. The highest BCUT2D eigenvalue weighted by Crippen LogP contribution is 2.40. The highest BCUT2D eigenvalue weighted by Gasteiger charge is 2.47. The number of aliphatic hydroxyl groups excluding tert-OH is 1. The number of furan rings is 1. The fourth-order valence-electron chi connectivity index (χ4n) is 3.50. The summed E-state index contributed by atoms with van der Waals surface area (Å²) in [6.45, 7) is 6.00. The van der Waals surface area contributed by atoms with E-state index in [1.165, 1.54) is 11.2 Å². The number of amides is 1. The van der Waals surface area contributed by atoms with Crippen LogP contribution in [0, 0.1) is 13.8 Å². The number of methoxy groups -OCH3 is 1. The molecular formula is C21H23NO5. The molecule has 2 aromatic rings. The van der Waals surface area contributed by atoms with Gasteiger partial charge in [0, 0.05) is 12.1 Å². The van der Waals surface area contributed by atoms with E-state index in [1.54, 1.807) is 31.4 Å². The van der Waals surface area contributed by atoms with E-state index in [2.05, 4.69) is 0 Å². The smallest absolute Gasteiger partial charge is 0.295 e. The SMILES string of the molecule is CCCN1C(=O)C(=O)/C(=C(\O)c2cc(C)c(OC)cc2C)C1c1ccco1. The Bertz CT molecular complexity index is 911. The number of carbonyl (C=O) groups excluding carboxylic acids is 2. The van der Waals surface area contributed by atoms with Gasteiger partial charge in [-0.1, -0.05) is 6.92 Å². The summed E-state index contributed by atoms with van der Waals surface area (Å²) in [5.74, 6) is -0.375. The lowest BCUT2D eigenvalue weighted by Gasteiger charge is -2.22. The van der Waals surface area contributed by atoms with Crippen molar-refractivity contribution in [3.05, 3.63) is 58.6 Å². The van der Waals surface area contributed by atoms with Crippen LogP contribution in [0.2, 0.25) is 0 Å². The number of ether oxygens (including phenoxy) is 1. The first-order valence-electron chi connectivity index (χ1n) is 8.88. The molecule has 1 unspecified atom stereocenters. The number of hydrogen-bond donors (Lipinski definition) is 1. The number of rotatable bonds is 5. The van der Waals surface area contributed by atoms with Crippen LogP contribution in [-0.2, 0) is 9.59 Å². The minimum atomic E-state index is -0.734. The Morgan fingerprint density at radius 2 is 2.00 bits per heavy atom. The van der Waals surface area contributed by atoms with Gasteiger partial charge in [-0.25, -0.2) is 0 Å². The number of aryl methyl sites for hydroxylation is 2. The van der Waals surface area contributed by atoms with Gasteiger partial charge in [0.2, 0.25) is 0 Å². The van der Waals surface area contributed by atoms with Crippen LogP contribution in [-0.4, -0.2) is 35.4 Å². The van der Waals surface area contributed by atoms with Crippen LogP contribution in [0.15, 0.2) is 40.5 Å². The molecule has 1 amide bonds. The van der Waals surface area contributed by atoms with Gasteiger partial charge >= 0.3 is 0 Å². The second kappa shape index (κ2) is 7.31. The molecule has 0 spiro atoms. The quantitative estimate of drug-likeness (QED) is 0.493. The molecular weight excluding hydrogens is 346 g/mol. The molecule has 3 rings (SSSR count). The third-order valence-corrected chi connectivity index (χ3v) is 4.81. The molecule has 2 heterocycles. The van der Waals surface area contributed by atoms with E-state index >= 15 is 0 Å². The Morgan fingerprint density at radius 1 is 1.26 bits per heavy atom. The van der Waals surface area contributed by atoms with E-state index in [-0.39, 0.29) is 11.3 Å². The van der Waals surface area contributed by atoms with Crippen molar-refractivity contribution in [1.29, 1.82) is 0 Å². The third kappa shape index (κ3) is 3.12. The van der Waals surface area contributed by atoms with Crippen LogP contribution >= 0.6 is 0 Å². The molecule has 1 aliphatic heterocycles. The zero-order valence-electron chi connectivity index (χ0n) is 15.9. The lowest BCUT2D eigenvalue weighted by Crippen LogP contribution is -2.30. The fourth-order valence-corrected chi connectivity index (χ4v) is 3.50. The average molecular weight is 369 g/mol. The summed E-state index contributed by atoms with van der Waals surface area (Å²) in [7, 11) is 1.58. The molecule has 1 aromatic carbocycles. The van der Waals surface area contributed by atoms with Crippen molar-refractivity contribution in [3.63, 3.8) is 0 Å². The number of likely N-dealkylation sites (tertiary alicyclic amines) is 1. The molecule has 27 heavy (non-hydrogen) atoms. The number of hydrogen-bond acceptors (Lipinski definition) is 5. The highest BCUT2D eigenvalue weighted by molar-refractivity contribution is 6.46. The third-order valence-electron chi connectivity index (χ3n) is 4.81. The van der Waals surface area contributed by atoms with Gasteiger partial charge in [0.15, 0.2) is 0 Å². The largest absolute Gasteiger partial charge is 0.507 e. The maximum atomic E-state index is 12.8. The maximum absolute atomic E-state index is 12.8. The summed E-state index contributed by atoms with van der Waals surface area (Å²) in [6, 6.07) is 6.23. The van der Waals surface area contributed by atoms with Gasteiger partial charge in [0.1, 0.15) is 23.3 Å². The Kier molecular flexibility index (Phi) is 5.08. The molecule has 6 nitrogen and oxygen atoms in total. The van der Waals surface area contributed by atoms with E-state index in [1.807, 2.05) is 20.8 Å². The Hall–Kier alpha value is -3.02. The zero-order chi connectivity index (χ0) is 19.7. The summed E-state index contributed by atoms with van der Waals surface area (Å²) in [5.41, 5.74) is 2.12.